The third-order valence-corrected chi connectivity index (χ3v) is 8.15. The van der Waals surface area contributed by atoms with E-state index in [9.17, 15) is 14.0 Å². The van der Waals surface area contributed by atoms with Crippen LogP contribution in [0.4, 0.5) is 13.6 Å². The Kier molecular flexibility index (Phi) is 8.36. The minimum absolute atomic E-state index is 0.0507. The number of primary amides is 1. The summed E-state index contributed by atoms with van der Waals surface area (Å²) < 4.78 is 28.8. The van der Waals surface area contributed by atoms with Crippen LogP contribution in [0, 0.1) is 17.2 Å². The van der Waals surface area contributed by atoms with Crippen molar-refractivity contribution in [1.82, 2.24) is 14.7 Å². The summed E-state index contributed by atoms with van der Waals surface area (Å²) in [6.07, 6.45) is 6.81. The standard InChI is InChI=1S/C29H40F2N4O2/c1-29(2,3)25-19-34(16-17-35(25)26(36)18-20-12-14-33(15-13-20)28(32)37)27(21-8-10-22(30)11-9-21)23-6-4-5-7-24(23)31/h5,7-11,20,25,27H,4,6,12-19H2,1-3H3,(H2,32,37). The predicted molar refractivity (Wildman–Crippen MR) is 141 cm³/mol. The van der Waals surface area contributed by atoms with Crippen molar-refractivity contribution in [3.05, 3.63) is 59.2 Å². The number of hydrogen-bond acceptors (Lipinski definition) is 3. The topological polar surface area (TPSA) is 69.9 Å². The van der Waals surface area contributed by atoms with E-state index in [0.29, 0.717) is 45.6 Å². The Morgan fingerprint density at radius 1 is 1.05 bits per heavy atom. The van der Waals surface area contributed by atoms with Gasteiger partial charge < -0.3 is 15.5 Å². The largest absolute Gasteiger partial charge is 0.351 e. The van der Waals surface area contributed by atoms with E-state index in [-0.39, 0.29) is 41.0 Å². The Bertz CT molecular complexity index is 1040. The average molecular weight is 515 g/mol. The molecule has 4 rings (SSSR count). The van der Waals surface area contributed by atoms with Crippen molar-refractivity contribution in [3.63, 3.8) is 0 Å². The zero-order valence-corrected chi connectivity index (χ0v) is 22.3. The van der Waals surface area contributed by atoms with Gasteiger partial charge in [-0.3, -0.25) is 9.69 Å². The van der Waals surface area contributed by atoms with Gasteiger partial charge in [0.1, 0.15) is 11.6 Å². The van der Waals surface area contributed by atoms with Gasteiger partial charge in [0.15, 0.2) is 0 Å². The van der Waals surface area contributed by atoms with Gasteiger partial charge in [0.2, 0.25) is 5.91 Å². The van der Waals surface area contributed by atoms with Crippen molar-refractivity contribution in [2.24, 2.45) is 17.1 Å². The maximum atomic E-state index is 15.1. The quantitative estimate of drug-likeness (QED) is 0.589. The molecular formula is C29H40F2N4O2. The van der Waals surface area contributed by atoms with E-state index in [1.165, 1.54) is 12.1 Å². The fourth-order valence-electron chi connectivity index (χ4n) is 6.00. The number of piperidine rings is 1. The number of likely N-dealkylation sites (tertiary alicyclic amines) is 1. The number of halogens is 2. The molecule has 2 aliphatic heterocycles. The van der Waals surface area contributed by atoms with Crippen LogP contribution in [0.25, 0.3) is 0 Å². The van der Waals surface area contributed by atoms with Crippen molar-refractivity contribution in [2.75, 3.05) is 32.7 Å². The number of nitrogens with two attached hydrogens (primary N) is 1. The first-order valence-electron chi connectivity index (χ1n) is 13.4. The third-order valence-electron chi connectivity index (χ3n) is 8.15. The Morgan fingerprint density at radius 2 is 1.73 bits per heavy atom. The molecule has 0 bridgehead atoms. The van der Waals surface area contributed by atoms with Crippen LogP contribution in [0.2, 0.25) is 0 Å². The van der Waals surface area contributed by atoms with Gasteiger partial charge in [0.05, 0.1) is 6.04 Å². The van der Waals surface area contributed by atoms with Gasteiger partial charge in [0, 0.05) is 45.2 Å². The summed E-state index contributed by atoms with van der Waals surface area (Å²) in [5.41, 5.74) is 6.82. The van der Waals surface area contributed by atoms with Crippen molar-refractivity contribution < 1.29 is 18.4 Å². The smallest absolute Gasteiger partial charge is 0.314 e. The first kappa shape index (κ1) is 27.3. The highest BCUT2D eigenvalue weighted by molar-refractivity contribution is 5.77. The van der Waals surface area contributed by atoms with E-state index >= 15 is 4.39 Å². The number of piperazine rings is 1. The molecule has 6 nitrogen and oxygen atoms in total. The first-order valence-corrected chi connectivity index (χ1v) is 13.4. The number of carbonyl (C=O) groups is 2. The van der Waals surface area contributed by atoms with Crippen molar-refractivity contribution in [1.29, 1.82) is 0 Å². The number of benzene rings is 1. The monoisotopic (exact) mass is 514 g/mol. The SMILES string of the molecule is CC(C)(C)C1CN(C(C2=C(F)C=CCC2)c2ccc(F)cc2)CCN1C(=O)CC1CCN(C(N)=O)CC1. The van der Waals surface area contributed by atoms with Gasteiger partial charge in [-0.05, 0) is 66.4 Å². The number of nitrogens with zero attached hydrogens (tertiary/aromatic N) is 3. The highest BCUT2D eigenvalue weighted by Crippen LogP contribution is 2.40. The molecule has 0 radical (unpaired) electrons. The van der Waals surface area contributed by atoms with Gasteiger partial charge in [-0.1, -0.05) is 39.0 Å². The summed E-state index contributed by atoms with van der Waals surface area (Å²) >= 11 is 0. The molecule has 0 saturated carbocycles. The van der Waals surface area contributed by atoms with Crippen molar-refractivity contribution in [3.8, 4) is 0 Å². The molecule has 1 aromatic rings. The summed E-state index contributed by atoms with van der Waals surface area (Å²) in [4.78, 5) is 30.9. The molecule has 2 N–H and O–H groups in total. The molecule has 37 heavy (non-hydrogen) atoms. The van der Waals surface area contributed by atoms with Gasteiger partial charge in [-0.15, -0.1) is 0 Å². The maximum Gasteiger partial charge on any atom is 0.314 e. The van der Waals surface area contributed by atoms with Crippen molar-refractivity contribution >= 4 is 11.9 Å². The van der Waals surface area contributed by atoms with E-state index in [2.05, 4.69) is 25.7 Å². The normalized spacial score (nSPS) is 22.9. The molecule has 2 fully saturated rings. The summed E-state index contributed by atoms with van der Waals surface area (Å²) in [7, 11) is 0. The fourth-order valence-corrected chi connectivity index (χ4v) is 6.00. The van der Waals surface area contributed by atoms with E-state index in [0.717, 1.165) is 30.4 Å². The van der Waals surface area contributed by atoms with Gasteiger partial charge in [0.25, 0.3) is 0 Å². The lowest BCUT2D eigenvalue weighted by molar-refractivity contribution is -0.141. The minimum Gasteiger partial charge on any atom is -0.351 e. The molecule has 1 aromatic carbocycles. The van der Waals surface area contributed by atoms with Crippen LogP contribution in [0.15, 0.2) is 47.8 Å². The molecule has 3 aliphatic rings. The van der Waals surface area contributed by atoms with E-state index in [4.69, 9.17) is 5.73 Å². The lowest BCUT2D eigenvalue weighted by atomic mass is 9.82. The van der Waals surface area contributed by atoms with Gasteiger partial charge in [-0.2, -0.15) is 0 Å². The van der Waals surface area contributed by atoms with Crippen molar-refractivity contribution in [2.45, 2.75) is 65.0 Å². The fraction of sp³-hybridized carbons (Fsp3) is 0.586. The highest BCUT2D eigenvalue weighted by atomic mass is 19.1. The Hall–Kier alpha value is -2.74. The Balaban J connectivity index is 1.53. The average Bonchev–Trinajstić information content (AvgIpc) is 2.86. The van der Waals surface area contributed by atoms with Gasteiger partial charge in [-0.25, -0.2) is 13.6 Å². The molecule has 2 unspecified atom stereocenters. The van der Waals surface area contributed by atoms with Crippen LogP contribution in [0.5, 0.6) is 0 Å². The van der Waals surface area contributed by atoms with Crippen LogP contribution in [0.1, 0.15) is 64.5 Å². The van der Waals surface area contributed by atoms with E-state index < -0.39 is 6.03 Å². The van der Waals surface area contributed by atoms with Crippen LogP contribution in [-0.4, -0.2) is 65.4 Å². The number of carbonyl (C=O) groups excluding carboxylic acids is 2. The van der Waals surface area contributed by atoms with E-state index in [1.54, 1.807) is 23.1 Å². The van der Waals surface area contributed by atoms with Gasteiger partial charge >= 0.3 is 6.03 Å². The summed E-state index contributed by atoms with van der Waals surface area (Å²) in [5, 5.41) is 0. The third kappa shape index (κ3) is 6.40. The second kappa shape index (κ2) is 11.3. The van der Waals surface area contributed by atoms with Crippen LogP contribution >= 0.6 is 0 Å². The lowest BCUT2D eigenvalue weighted by Crippen LogP contribution is -2.60. The highest BCUT2D eigenvalue weighted by Gasteiger charge is 2.41. The Labute approximate surface area is 219 Å². The molecule has 8 heteroatoms. The number of hydrogen-bond donors (Lipinski definition) is 1. The van der Waals surface area contributed by atoms with E-state index in [1.807, 2.05) is 11.0 Å². The molecule has 202 valence electrons. The number of rotatable bonds is 5. The summed E-state index contributed by atoms with van der Waals surface area (Å²) in [6, 6.07) is 5.62. The molecule has 0 spiro atoms. The molecule has 3 amide bonds. The molecular weight excluding hydrogens is 474 g/mol. The van der Waals surface area contributed by atoms with Crippen LogP contribution in [-0.2, 0) is 4.79 Å². The second-order valence-electron chi connectivity index (χ2n) is 11.7. The number of amides is 3. The molecule has 2 saturated heterocycles. The summed E-state index contributed by atoms with van der Waals surface area (Å²) in [6.45, 7) is 9.40. The first-order chi connectivity index (χ1) is 17.5. The summed E-state index contributed by atoms with van der Waals surface area (Å²) in [5.74, 6) is -0.151. The zero-order chi connectivity index (χ0) is 26.7. The molecule has 0 aromatic heterocycles. The predicted octanol–water partition coefficient (Wildman–Crippen LogP) is 5.18. The molecule has 2 atom stereocenters. The minimum atomic E-state index is -0.399. The molecule has 2 heterocycles. The zero-order valence-electron chi connectivity index (χ0n) is 22.3. The Morgan fingerprint density at radius 3 is 2.32 bits per heavy atom. The second-order valence-corrected chi connectivity index (χ2v) is 11.7. The lowest BCUT2D eigenvalue weighted by Gasteiger charge is -2.50. The number of urea groups is 1. The van der Waals surface area contributed by atoms with Crippen LogP contribution < -0.4 is 5.73 Å². The molecule has 1 aliphatic carbocycles. The van der Waals surface area contributed by atoms with Crippen LogP contribution in [0.3, 0.4) is 0 Å². The number of allylic oxidation sites excluding steroid dienone is 3. The maximum absolute atomic E-state index is 15.1.